The predicted octanol–water partition coefficient (Wildman–Crippen LogP) is 0.812. The van der Waals surface area contributed by atoms with Crippen LogP contribution in [0.2, 0.25) is 0 Å². The number of nitrogens with zero attached hydrogens (tertiary/aromatic N) is 3. The van der Waals surface area contributed by atoms with Crippen LogP contribution in [0.4, 0.5) is 0 Å². The first-order valence-corrected chi connectivity index (χ1v) is 3.66. The van der Waals surface area contributed by atoms with E-state index in [9.17, 15) is 0 Å². The first kappa shape index (κ1) is 7.02. The number of rotatable bonds is 1. The standard InChI is InChI=1S/C7H9N5/c1-4-6(9-3-8-4)7-10-5(2)11-12-7/h3H,1-2H3,(H,8,9)(H,10,11,12). The Kier molecular flexibility index (Phi) is 1.43. The molecule has 0 bridgehead atoms. The van der Waals surface area contributed by atoms with Crippen LogP contribution < -0.4 is 0 Å². The number of aryl methyl sites for hydroxylation is 2. The van der Waals surface area contributed by atoms with Gasteiger partial charge >= 0.3 is 0 Å². The smallest absolute Gasteiger partial charge is 0.201 e. The van der Waals surface area contributed by atoms with Crippen LogP contribution in [0.5, 0.6) is 0 Å². The van der Waals surface area contributed by atoms with Crippen LogP contribution in [-0.4, -0.2) is 25.1 Å². The Morgan fingerprint density at radius 3 is 2.67 bits per heavy atom. The maximum atomic E-state index is 4.16. The van der Waals surface area contributed by atoms with E-state index in [2.05, 4.69) is 25.1 Å². The number of aromatic nitrogens is 5. The van der Waals surface area contributed by atoms with Gasteiger partial charge in [0.1, 0.15) is 11.5 Å². The number of H-pyrrole nitrogens is 2. The van der Waals surface area contributed by atoms with Gasteiger partial charge in [-0.15, -0.1) is 0 Å². The van der Waals surface area contributed by atoms with Crippen molar-refractivity contribution in [1.29, 1.82) is 0 Å². The largest absolute Gasteiger partial charge is 0.348 e. The Labute approximate surface area is 69.3 Å². The summed E-state index contributed by atoms with van der Waals surface area (Å²) in [5.74, 6) is 1.44. The lowest BCUT2D eigenvalue weighted by molar-refractivity contribution is 1.04. The van der Waals surface area contributed by atoms with Crippen molar-refractivity contribution in [2.24, 2.45) is 0 Å². The zero-order chi connectivity index (χ0) is 8.55. The molecule has 5 nitrogen and oxygen atoms in total. The molecule has 0 saturated carbocycles. The number of aromatic amines is 2. The first-order valence-electron chi connectivity index (χ1n) is 3.66. The highest BCUT2D eigenvalue weighted by Gasteiger charge is 2.08. The molecule has 2 N–H and O–H groups in total. The summed E-state index contributed by atoms with van der Waals surface area (Å²) in [6, 6.07) is 0. The van der Waals surface area contributed by atoms with Gasteiger partial charge in [0.25, 0.3) is 0 Å². The maximum Gasteiger partial charge on any atom is 0.201 e. The quantitative estimate of drug-likeness (QED) is 0.653. The van der Waals surface area contributed by atoms with Crippen molar-refractivity contribution in [3.05, 3.63) is 17.8 Å². The van der Waals surface area contributed by atoms with Crippen molar-refractivity contribution < 1.29 is 0 Å². The maximum absolute atomic E-state index is 4.16. The molecule has 2 aromatic rings. The summed E-state index contributed by atoms with van der Waals surface area (Å²) < 4.78 is 0. The van der Waals surface area contributed by atoms with Gasteiger partial charge in [-0.2, -0.15) is 5.10 Å². The van der Waals surface area contributed by atoms with Gasteiger partial charge in [-0.05, 0) is 13.8 Å². The molecule has 0 unspecified atom stereocenters. The minimum absolute atomic E-state index is 0.645. The summed E-state index contributed by atoms with van der Waals surface area (Å²) in [6.45, 7) is 3.80. The van der Waals surface area contributed by atoms with Crippen molar-refractivity contribution in [2.75, 3.05) is 0 Å². The highest BCUT2D eigenvalue weighted by molar-refractivity contribution is 5.51. The second-order valence-corrected chi connectivity index (χ2v) is 2.62. The fourth-order valence-electron chi connectivity index (χ4n) is 1.03. The normalized spacial score (nSPS) is 10.5. The molecule has 62 valence electrons. The highest BCUT2D eigenvalue weighted by Crippen LogP contribution is 2.13. The molecule has 0 aliphatic heterocycles. The third-order valence-corrected chi connectivity index (χ3v) is 1.64. The van der Waals surface area contributed by atoms with Crippen molar-refractivity contribution in [3.63, 3.8) is 0 Å². The van der Waals surface area contributed by atoms with Crippen LogP contribution >= 0.6 is 0 Å². The van der Waals surface area contributed by atoms with E-state index >= 15 is 0 Å². The summed E-state index contributed by atoms with van der Waals surface area (Å²) in [4.78, 5) is 11.2. The van der Waals surface area contributed by atoms with Crippen LogP contribution in [0.3, 0.4) is 0 Å². The monoisotopic (exact) mass is 163 g/mol. The van der Waals surface area contributed by atoms with Gasteiger partial charge in [-0.3, -0.25) is 5.10 Å². The van der Waals surface area contributed by atoms with E-state index in [4.69, 9.17) is 0 Å². The number of hydrogen-bond donors (Lipinski definition) is 2. The van der Waals surface area contributed by atoms with Crippen LogP contribution in [0, 0.1) is 13.8 Å². The van der Waals surface area contributed by atoms with Crippen molar-refractivity contribution in [3.8, 4) is 11.5 Å². The number of imidazole rings is 1. The van der Waals surface area contributed by atoms with Gasteiger partial charge in [0, 0.05) is 5.69 Å². The van der Waals surface area contributed by atoms with Crippen LogP contribution in [-0.2, 0) is 0 Å². The Bertz CT molecular complexity index is 386. The Balaban J connectivity index is 2.50. The SMILES string of the molecule is Cc1nc(-c2nc[nH]c2C)n[nH]1. The molecule has 0 saturated heterocycles. The van der Waals surface area contributed by atoms with Gasteiger partial charge in [-0.1, -0.05) is 0 Å². The Hall–Kier alpha value is -1.65. The fourth-order valence-corrected chi connectivity index (χ4v) is 1.03. The number of hydrogen-bond acceptors (Lipinski definition) is 3. The lowest BCUT2D eigenvalue weighted by Crippen LogP contribution is -1.83. The van der Waals surface area contributed by atoms with E-state index in [1.165, 1.54) is 0 Å². The fraction of sp³-hybridized carbons (Fsp3) is 0.286. The Morgan fingerprint density at radius 1 is 1.33 bits per heavy atom. The van der Waals surface area contributed by atoms with E-state index in [0.717, 1.165) is 17.2 Å². The lowest BCUT2D eigenvalue weighted by Gasteiger charge is -1.87. The van der Waals surface area contributed by atoms with E-state index in [1.807, 2.05) is 13.8 Å². The first-order chi connectivity index (χ1) is 5.77. The molecule has 2 aromatic heterocycles. The molecule has 0 aliphatic rings. The topological polar surface area (TPSA) is 70.2 Å². The zero-order valence-electron chi connectivity index (χ0n) is 6.92. The van der Waals surface area contributed by atoms with Crippen molar-refractivity contribution >= 4 is 0 Å². The van der Waals surface area contributed by atoms with Gasteiger partial charge in [0.2, 0.25) is 5.82 Å². The average molecular weight is 163 g/mol. The second-order valence-electron chi connectivity index (χ2n) is 2.62. The van der Waals surface area contributed by atoms with Crippen LogP contribution in [0.25, 0.3) is 11.5 Å². The van der Waals surface area contributed by atoms with E-state index < -0.39 is 0 Å². The van der Waals surface area contributed by atoms with Gasteiger partial charge in [0.05, 0.1) is 6.33 Å². The molecule has 0 fully saturated rings. The summed E-state index contributed by atoms with van der Waals surface area (Å²) in [7, 11) is 0. The zero-order valence-corrected chi connectivity index (χ0v) is 6.92. The van der Waals surface area contributed by atoms with Gasteiger partial charge in [-0.25, -0.2) is 9.97 Å². The molecule has 12 heavy (non-hydrogen) atoms. The summed E-state index contributed by atoms with van der Waals surface area (Å²) in [5, 5.41) is 6.77. The van der Waals surface area contributed by atoms with Crippen LogP contribution in [0.1, 0.15) is 11.5 Å². The third kappa shape index (κ3) is 0.990. The molecule has 0 amide bonds. The molecule has 2 rings (SSSR count). The number of nitrogens with one attached hydrogen (secondary N) is 2. The highest BCUT2D eigenvalue weighted by atomic mass is 15.2. The molecular weight excluding hydrogens is 154 g/mol. The molecule has 0 spiro atoms. The van der Waals surface area contributed by atoms with E-state index in [-0.39, 0.29) is 0 Å². The third-order valence-electron chi connectivity index (χ3n) is 1.64. The molecule has 0 radical (unpaired) electrons. The predicted molar refractivity (Wildman–Crippen MR) is 43.4 cm³/mol. The van der Waals surface area contributed by atoms with Gasteiger partial charge in [0.15, 0.2) is 0 Å². The minimum Gasteiger partial charge on any atom is -0.348 e. The minimum atomic E-state index is 0.645. The summed E-state index contributed by atoms with van der Waals surface area (Å²) in [5.41, 5.74) is 1.79. The molecule has 0 aliphatic carbocycles. The van der Waals surface area contributed by atoms with Gasteiger partial charge < -0.3 is 4.98 Å². The summed E-state index contributed by atoms with van der Waals surface area (Å²) in [6.07, 6.45) is 1.64. The van der Waals surface area contributed by atoms with E-state index in [0.29, 0.717) is 5.82 Å². The molecular formula is C7H9N5. The average Bonchev–Trinajstić information content (AvgIpc) is 2.58. The molecule has 5 heteroatoms. The lowest BCUT2D eigenvalue weighted by atomic mass is 10.3. The molecule has 0 aromatic carbocycles. The second kappa shape index (κ2) is 2.44. The van der Waals surface area contributed by atoms with Crippen LogP contribution in [0.15, 0.2) is 6.33 Å². The summed E-state index contributed by atoms with van der Waals surface area (Å²) >= 11 is 0. The molecule has 0 atom stereocenters. The van der Waals surface area contributed by atoms with E-state index in [1.54, 1.807) is 6.33 Å². The van der Waals surface area contributed by atoms with Crippen molar-refractivity contribution in [1.82, 2.24) is 25.1 Å². The van der Waals surface area contributed by atoms with Crippen molar-refractivity contribution in [2.45, 2.75) is 13.8 Å². The Morgan fingerprint density at radius 2 is 2.17 bits per heavy atom. The molecule has 2 heterocycles.